The van der Waals surface area contributed by atoms with E-state index in [1.807, 2.05) is 28.7 Å². The van der Waals surface area contributed by atoms with Crippen LogP contribution in [-0.4, -0.2) is 34.4 Å². The molecule has 7 nitrogen and oxygen atoms in total. The third-order valence-corrected chi connectivity index (χ3v) is 4.47. The highest BCUT2D eigenvalue weighted by atomic mass is 127. The van der Waals surface area contributed by atoms with Gasteiger partial charge in [0, 0.05) is 5.69 Å². The number of phenolic OH excluding ortho intramolecular Hbond substituents is 1. The molecular weight excluding hydrogens is 449 g/mol. The zero-order valence-corrected chi connectivity index (χ0v) is 15.6. The summed E-state index contributed by atoms with van der Waals surface area (Å²) in [7, 11) is 0. The van der Waals surface area contributed by atoms with Crippen molar-refractivity contribution in [1.82, 2.24) is 10.2 Å². The van der Waals surface area contributed by atoms with Gasteiger partial charge in [-0.1, -0.05) is 24.3 Å². The average Bonchev–Trinajstić information content (AvgIpc) is 2.86. The first kappa shape index (κ1) is 17.9. The van der Waals surface area contributed by atoms with Crippen LogP contribution in [0.15, 0.2) is 54.2 Å². The van der Waals surface area contributed by atoms with Gasteiger partial charge in [0.2, 0.25) is 5.91 Å². The van der Waals surface area contributed by atoms with Crippen LogP contribution in [-0.2, 0) is 9.59 Å². The Bertz CT molecular complexity index is 912. The summed E-state index contributed by atoms with van der Waals surface area (Å²) in [6, 6.07) is 12.9. The minimum Gasteiger partial charge on any atom is -0.507 e. The van der Waals surface area contributed by atoms with Crippen LogP contribution in [0.25, 0.3) is 6.08 Å². The van der Waals surface area contributed by atoms with Crippen LogP contribution >= 0.6 is 22.6 Å². The molecular formula is C18H14IN3O4. The third-order valence-electron chi connectivity index (χ3n) is 3.60. The molecule has 8 heteroatoms. The Balaban J connectivity index is 1.71. The number of carbonyl (C=O) groups excluding carboxylic acids is 3. The normalized spacial score (nSPS) is 15.3. The summed E-state index contributed by atoms with van der Waals surface area (Å²) in [6.45, 7) is -0.385. The minimum atomic E-state index is -0.655. The second kappa shape index (κ2) is 7.56. The lowest BCUT2D eigenvalue weighted by molar-refractivity contribution is -0.127. The van der Waals surface area contributed by atoms with E-state index in [1.54, 1.807) is 36.4 Å². The second-order valence-corrected chi connectivity index (χ2v) is 6.67. The monoisotopic (exact) mass is 463 g/mol. The summed E-state index contributed by atoms with van der Waals surface area (Å²) >= 11 is 1.96. The number of nitrogens with zero attached hydrogens (tertiary/aromatic N) is 1. The molecule has 0 radical (unpaired) electrons. The fourth-order valence-corrected chi connectivity index (χ4v) is 2.90. The highest BCUT2D eigenvalue weighted by Crippen LogP contribution is 2.22. The lowest BCUT2D eigenvalue weighted by Crippen LogP contribution is -2.38. The molecule has 1 fully saturated rings. The van der Waals surface area contributed by atoms with E-state index in [0.717, 1.165) is 4.90 Å². The van der Waals surface area contributed by atoms with Gasteiger partial charge < -0.3 is 15.7 Å². The Kier molecular flexibility index (Phi) is 5.21. The first-order valence-corrected chi connectivity index (χ1v) is 8.70. The molecule has 1 aliphatic heterocycles. The minimum absolute atomic E-state index is 0.0731. The predicted octanol–water partition coefficient (Wildman–Crippen LogP) is 2.53. The largest absolute Gasteiger partial charge is 0.507 e. The fraction of sp³-hybridized carbons (Fsp3) is 0.0556. The van der Waals surface area contributed by atoms with Gasteiger partial charge >= 0.3 is 6.03 Å². The van der Waals surface area contributed by atoms with Gasteiger partial charge in [0.05, 0.1) is 3.57 Å². The highest BCUT2D eigenvalue weighted by molar-refractivity contribution is 14.1. The van der Waals surface area contributed by atoms with Crippen LogP contribution in [0.5, 0.6) is 5.75 Å². The van der Waals surface area contributed by atoms with Crippen LogP contribution in [0.2, 0.25) is 0 Å². The number of rotatable bonds is 4. The number of para-hydroxylation sites is 1. The van der Waals surface area contributed by atoms with E-state index in [-0.39, 0.29) is 18.0 Å². The molecule has 26 heavy (non-hydrogen) atoms. The quantitative estimate of drug-likeness (QED) is 0.369. The number of halogens is 1. The lowest BCUT2D eigenvalue weighted by atomic mass is 10.2. The van der Waals surface area contributed by atoms with Crippen LogP contribution in [0.3, 0.4) is 0 Å². The molecule has 3 rings (SSSR count). The zero-order chi connectivity index (χ0) is 18.7. The summed E-state index contributed by atoms with van der Waals surface area (Å²) in [5.41, 5.74) is 1.30. The van der Waals surface area contributed by atoms with Crippen molar-refractivity contribution in [3.63, 3.8) is 0 Å². The van der Waals surface area contributed by atoms with E-state index in [9.17, 15) is 19.5 Å². The third kappa shape index (κ3) is 4.02. The summed E-state index contributed by atoms with van der Waals surface area (Å²) in [5, 5.41) is 14.6. The summed E-state index contributed by atoms with van der Waals surface area (Å²) in [6.07, 6.45) is 1.50. The number of imide groups is 1. The van der Waals surface area contributed by atoms with Gasteiger partial charge in [-0.2, -0.15) is 0 Å². The molecule has 0 atom stereocenters. The molecule has 2 aromatic carbocycles. The van der Waals surface area contributed by atoms with E-state index < -0.39 is 17.8 Å². The number of hydrogen-bond acceptors (Lipinski definition) is 4. The Hall–Kier alpha value is -2.88. The van der Waals surface area contributed by atoms with Gasteiger partial charge in [0.1, 0.15) is 18.0 Å². The molecule has 0 bridgehead atoms. The lowest BCUT2D eigenvalue weighted by Gasteiger charge is -2.11. The van der Waals surface area contributed by atoms with Crippen molar-refractivity contribution in [3.05, 3.63) is 63.4 Å². The zero-order valence-electron chi connectivity index (χ0n) is 13.4. The van der Waals surface area contributed by atoms with Gasteiger partial charge in [0.15, 0.2) is 0 Å². The number of carbonyl (C=O) groups is 3. The SMILES string of the molecule is O=C(CN1C(=O)N/C(=C\c2ccc(O)c(I)c2)C1=O)Nc1ccccc1. The van der Waals surface area contributed by atoms with Crippen molar-refractivity contribution in [3.8, 4) is 5.75 Å². The molecule has 0 aliphatic carbocycles. The second-order valence-electron chi connectivity index (χ2n) is 5.50. The topological polar surface area (TPSA) is 98.7 Å². The standard InChI is InChI=1S/C18H14IN3O4/c19-13-8-11(6-7-15(13)23)9-14-17(25)22(18(26)21-14)10-16(24)20-12-4-2-1-3-5-12/h1-9,23H,10H2,(H,20,24)(H,21,26)/b14-9-. The van der Waals surface area contributed by atoms with Crippen molar-refractivity contribution in [1.29, 1.82) is 0 Å². The van der Waals surface area contributed by atoms with Crippen LogP contribution in [0.4, 0.5) is 10.5 Å². The summed E-state index contributed by atoms with van der Waals surface area (Å²) < 4.78 is 0.618. The average molecular weight is 463 g/mol. The molecule has 4 amide bonds. The number of anilines is 1. The van der Waals surface area contributed by atoms with Crippen molar-refractivity contribution in [2.75, 3.05) is 11.9 Å². The maximum atomic E-state index is 12.4. The number of phenols is 1. The van der Waals surface area contributed by atoms with Gasteiger partial charge in [-0.05, 0) is 58.5 Å². The van der Waals surface area contributed by atoms with Gasteiger partial charge in [0.25, 0.3) is 5.91 Å². The molecule has 1 aliphatic rings. The Morgan fingerprint density at radius 2 is 1.92 bits per heavy atom. The first-order chi connectivity index (χ1) is 12.4. The molecule has 0 spiro atoms. The Morgan fingerprint density at radius 3 is 2.62 bits per heavy atom. The van der Waals surface area contributed by atoms with Crippen LogP contribution < -0.4 is 10.6 Å². The molecule has 1 saturated heterocycles. The first-order valence-electron chi connectivity index (χ1n) is 7.62. The van der Waals surface area contributed by atoms with E-state index in [1.165, 1.54) is 12.1 Å². The van der Waals surface area contributed by atoms with E-state index in [4.69, 9.17) is 0 Å². The van der Waals surface area contributed by atoms with E-state index in [2.05, 4.69) is 10.6 Å². The predicted molar refractivity (Wildman–Crippen MR) is 104 cm³/mol. The van der Waals surface area contributed by atoms with Crippen molar-refractivity contribution in [2.24, 2.45) is 0 Å². The summed E-state index contributed by atoms with van der Waals surface area (Å²) in [4.78, 5) is 37.3. The molecule has 0 saturated carbocycles. The molecule has 0 unspecified atom stereocenters. The highest BCUT2D eigenvalue weighted by Gasteiger charge is 2.34. The number of benzene rings is 2. The van der Waals surface area contributed by atoms with E-state index >= 15 is 0 Å². The van der Waals surface area contributed by atoms with Crippen LogP contribution in [0, 0.1) is 3.57 Å². The van der Waals surface area contributed by atoms with Gasteiger partial charge in [-0.25, -0.2) is 9.69 Å². The molecule has 132 valence electrons. The Morgan fingerprint density at radius 1 is 1.19 bits per heavy atom. The molecule has 3 N–H and O–H groups in total. The van der Waals surface area contributed by atoms with Crippen LogP contribution in [0.1, 0.15) is 5.56 Å². The molecule has 2 aromatic rings. The summed E-state index contributed by atoms with van der Waals surface area (Å²) in [5.74, 6) is -0.921. The van der Waals surface area contributed by atoms with Crippen molar-refractivity contribution < 1.29 is 19.5 Å². The van der Waals surface area contributed by atoms with Crippen molar-refractivity contribution >= 4 is 52.2 Å². The maximum absolute atomic E-state index is 12.4. The fourth-order valence-electron chi connectivity index (χ4n) is 2.36. The van der Waals surface area contributed by atoms with Crippen molar-refractivity contribution in [2.45, 2.75) is 0 Å². The number of amides is 4. The number of urea groups is 1. The molecule has 0 aromatic heterocycles. The van der Waals surface area contributed by atoms with E-state index in [0.29, 0.717) is 14.8 Å². The maximum Gasteiger partial charge on any atom is 0.329 e. The number of hydrogen-bond donors (Lipinski definition) is 3. The molecule has 1 heterocycles. The van der Waals surface area contributed by atoms with Gasteiger partial charge in [-0.15, -0.1) is 0 Å². The Labute approximate surface area is 162 Å². The smallest absolute Gasteiger partial charge is 0.329 e. The number of aromatic hydroxyl groups is 1. The van der Waals surface area contributed by atoms with Gasteiger partial charge in [-0.3, -0.25) is 9.59 Å². The number of nitrogens with one attached hydrogen (secondary N) is 2.